The fourth-order valence-corrected chi connectivity index (χ4v) is 5.28. The third kappa shape index (κ3) is 6.55. The number of hydrogen-bond donors (Lipinski definition) is 2. The second-order valence-electron chi connectivity index (χ2n) is 10.9. The summed E-state index contributed by atoms with van der Waals surface area (Å²) in [6, 6.07) is 15.3. The first-order valence-electron chi connectivity index (χ1n) is 14.4. The molecule has 3 unspecified atom stereocenters. The van der Waals surface area contributed by atoms with Gasteiger partial charge in [0, 0.05) is 42.4 Å². The summed E-state index contributed by atoms with van der Waals surface area (Å²) < 4.78 is 47.0. The zero-order chi connectivity index (χ0) is 31.6. The van der Waals surface area contributed by atoms with Crippen molar-refractivity contribution in [2.45, 2.75) is 51.0 Å². The van der Waals surface area contributed by atoms with Crippen LogP contribution in [0.2, 0.25) is 0 Å². The molecule has 4 aromatic rings. The van der Waals surface area contributed by atoms with Crippen molar-refractivity contribution in [2.24, 2.45) is 0 Å². The van der Waals surface area contributed by atoms with Crippen molar-refractivity contribution in [3.63, 3.8) is 0 Å². The average molecular weight is 616 g/mol. The molecule has 2 N–H and O–H groups in total. The van der Waals surface area contributed by atoms with E-state index in [2.05, 4.69) is 20.7 Å². The zero-order valence-corrected chi connectivity index (χ0v) is 24.6. The van der Waals surface area contributed by atoms with E-state index in [9.17, 15) is 18.4 Å². The van der Waals surface area contributed by atoms with E-state index in [4.69, 9.17) is 14.2 Å². The maximum absolute atomic E-state index is 13.8. The van der Waals surface area contributed by atoms with Crippen molar-refractivity contribution in [1.29, 1.82) is 0 Å². The smallest absolute Gasteiger partial charge is 0.321 e. The lowest BCUT2D eigenvalue weighted by Crippen LogP contribution is -2.50. The molecule has 2 aliphatic rings. The normalized spacial score (nSPS) is 17.4. The van der Waals surface area contributed by atoms with Crippen molar-refractivity contribution in [3.8, 4) is 11.4 Å². The Morgan fingerprint density at radius 3 is 2.82 bits per heavy atom. The van der Waals surface area contributed by atoms with E-state index in [1.54, 1.807) is 60.5 Å². The maximum atomic E-state index is 13.8. The third-order valence-corrected chi connectivity index (χ3v) is 7.56. The van der Waals surface area contributed by atoms with Crippen molar-refractivity contribution in [2.75, 3.05) is 6.79 Å². The number of nitrogens with zero attached hydrogens (tertiary/aromatic N) is 3. The van der Waals surface area contributed by atoms with Crippen LogP contribution in [-0.2, 0) is 20.8 Å². The minimum Gasteiger partial charge on any atom is -0.483 e. The van der Waals surface area contributed by atoms with Gasteiger partial charge >= 0.3 is 5.92 Å². The summed E-state index contributed by atoms with van der Waals surface area (Å²) in [4.78, 5) is 29.1. The fourth-order valence-electron chi connectivity index (χ4n) is 5.28. The van der Waals surface area contributed by atoms with Gasteiger partial charge in [0.25, 0.3) is 11.8 Å². The monoisotopic (exact) mass is 615 g/mol. The molecule has 0 spiro atoms. The summed E-state index contributed by atoms with van der Waals surface area (Å²) in [6.45, 7) is 2.58. The zero-order valence-electron chi connectivity index (χ0n) is 24.6. The van der Waals surface area contributed by atoms with Crippen molar-refractivity contribution in [1.82, 2.24) is 25.4 Å². The summed E-state index contributed by atoms with van der Waals surface area (Å²) in [7, 11) is 0. The lowest BCUT2D eigenvalue weighted by Gasteiger charge is -2.30. The predicted octanol–water partition coefficient (Wildman–Crippen LogP) is 4.84. The Morgan fingerprint density at radius 2 is 2.02 bits per heavy atom. The van der Waals surface area contributed by atoms with Gasteiger partial charge in [-0.3, -0.25) is 14.6 Å². The van der Waals surface area contributed by atoms with Crippen LogP contribution in [0, 0.1) is 0 Å². The molecule has 3 heterocycles. The standard InChI is InChI=1S/C33H31F2N5O5/c1-20(39-32(42)33(2,34)35)29(26-9-4-10-28-30(26)44-19-43-28)45-25-11-12-27-23(15-25)18-38-40(27)24-8-3-7-22(14-24)31(41)37-17-21-6-5-13-36-16-21/h3-9,11-16,18,20,28-29H,10,17,19H2,1-2H3,(H,37,41)(H,39,42). The number of hydrogen-bond acceptors (Lipinski definition) is 7. The Balaban J connectivity index is 1.24. The number of carbonyl (C=O) groups is 2. The SMILES string of the molecule is CC(NC(=O)C(C)(F)F)C(Oc1ccc2c(cnn2-c2cccc(C(=O)NCc3cccnc3)c2)c1)C1=C2OCOC2CC=C1. The van der Waals surface area contributed by atoms with Gasteiger partial charge < -0.3 is 24.8 Å². The van der Waals surface area contributed by atoms with E-state index in [1.807, 2.05) is 36.4 Å². The number of carbonyl (C=O) groups excluding carboxylic acids is 2. The highest BCUT2D eigenvalue weighted by atomic mass is 19.3. The molecule has 3 atom stereocenters. The highest BCUT2D eigenvalue weighted by Crippen LogP contribution is 2.33. The molecule has 2 aromatic heterocycles. The lowest BCUT2D eigenvalue weighted by molar-refractivity contribution is -0.144. The minimum absolute atomic E-state index is 0.0736. The lowest BCUT2D eigenvalue weighted by atomic mass is 9.94. The molecule has 2 aromatic carbocycles. The number of aromatic nitrogens is 3. The van der Waals surface area contributed by atoms with Gasteiger partial charge in [-0.2, -0.15) is 13.9 Å². The molecule has 1 fully saturated rings. The third-order valence-electron chi connectivity index (χ3n) is 7.56. The molecule has 6 rings (SSSR count). The van der Waals surface area contributed by atoms with Gasteiger partial charge in [0.05, 0.1) is 23.4 Å². The van der Waals surface area contributed by atoms with E-state index < -0.39 is 24.0 Å². The number of halogens is 2. The van der Waals surface area contributed by atoms with Crippen molar-refractivity contribution < 1.29 is 32.6 Å². The Labute approximate surface area is 257 Å². The van der Waals surface area contributed by atoms with Gasteiger partial charge in [-0.05, 0) is 61.4 Å². The second kappa shape index (κ2) is 12.5. The first-order chi connectivity index (χ1) is 21.7. The Morgan fingerprint density at radius 1 is 1.16 bits per heavy atom. The Hall–Kier alpha value is -5.10. The fraction of sp³-hybridized carbons (Fsp3) is 0.273. The second-order valence-corrected chi connectivity index (χ2v) is 10.9. The summed E-state index contributed by atoms with van der Waals surface area (Å²) in [5.41, 5.74) is 3.41. The number of alkyl halides is 2. The highest BCUT2D eigenvalue weighted by molar-refractivity contribution is 5.95. The Bertz CT molecular complexity index is 1780. The van der Waals surface area contributed by atoms with Crippen molar-refractivity contribution in [3.05, 3.63) is 108 Å². The average Bonchev–Trinajstić information content (AvgIpc) is 3.70. The summed E-state index contributed by atoms with van der Waals surface area (Å²) in [5, 5.41) is 10.6. The van der Waals surface area contributed by atoms with Gasteiger partial charge in [0.15, 0.2) is 6.79 Å². The number of amides is 2. The molecule has 0 bridgehead atoms. The molecule has 10 nitrogen and oxygen atoms in total. The van der Waals surface area contributed by atoms with Crippen LogP contribution in [0.25, 0.3) is 16.6 Å². The van der Waals surface area contributed by atoms with Gasteiger partial charge in [-0.25, -0.2) is 4.68 Å². The van der Waals surface area contributed by atoms with Crippen LogP contribution < -0.4 is 15.4 Å². The van der Waals surface area contributed by atoms with Crippen LogP contribution >= 0.6 is 0 Å². The van der Waals surface area contributed by atoms with Crippen LogP contribution in [0.15, 0.2) is 96.7 Å². The summed E-state index contributed by atoms with van der Waals surface area (Å²) in [6.07, 6.45) is 8.20. The van der Waals surface area contributed by atoms with Gasteiger partial charge in [0.1, 0.15) is 23.7 Å². The molecule has 0 saturated carbocycles. The number of rotatable bonds is 10. The van der Waals surface area contributed by atoms with E-state index in [0.29, 0.717) is 48.2 Å². The van der Waals surface area contributed by atoms with Crippen LogP contribution in [-0.4, -0.2) is 57.5 Å². The molecule has 1 aliphatic carbocycles. The van der Waals surface area contributed by atoms with E-state index in [0.717, 1.165) is 16.5 Å². The van der Waals surface area contributed by atoms with E-state index in [1.165, 1.54) is 0 Å². The number of nitrogens with one attached hydrogen (secondary N) is 2. The quantitative estimate of drug-likeness (QED) is 0.262. The maximum Gasteiger partial charge on any atom is 0.321 e. The van der Waals surface area contributed by atoms with Crippen LogP contribution in [0.1, 0.15) is 36.2 Å². The van der Waals surface area contributed by atoms with Gasteiger partial charge in [-0.1, -0.05) is 24.3 Å². The summed E-state index contributed by atoms with van der Waals surface area (Å²) in [5.74, 6) is -4.20. The largest absolute Gasteiger partial charge is 0.483 e. The van der Waals surface area contributed by atoms with Crippen LogP contribution in [0.4, 0.5) is 8.78 Å². The first-order valence-corrected chi connectivity index (χ1v) is 14.4. The molecule has 232 valence electrons. The van der Waals surface area contributed by atoms with E-state index in [-0.39, 0.29) is 18.8 Å². The molecule has 2 amide bonds. The number of ether oxygens (including phenoxy) is 3. The molecular formula is C33H31F2N5O5. The minimum atomic E-state index is -3.56. The summed E-state index contributed by atoms with van der Waals surface area (Å²) >= 11 is 0. The molecule has 1 saturated heterocycles. The molecular weight excluding hydrogens is 584 g/mol. The van der Waals surface area contributed by atoms with Gasteiger partial charge in [-0.15, -0.1) is 0 Å². The molecule has 1 aliphatic heterocycles. The molecule has 45 heavy (non-hydrogen) atoms. The number of benzene rings is 2. The molecule has 12 heteroatoms. The Kier molecular flexibility index (Phi) is 8.31. The van der Waals surface area contributed by atoms with Crippen molar-refractivity contribution >= 4 is 22.7 Å². The number of pyridine rings is 1. The highest BCUT2D eigenvalue weighted by Gasteiger charge is 2.38. The van der Waals surface area contributed by atoms with Gasteiger partial charge in [0.2, 0.25) is 0 Å². The first kappa shape index (κ1) is 29.9. The topological polar surface area (TPSA) is 117 Å². The van der Waals surface area contributed by atoms with Crippen LogP contribution in [0.3, 0.4) is 0 Å². The molecule has 0 radical (unpaired) electrons. The van der Waals surface area contributed by atoms with Crippen LogP contribution in [0.5, 0.6) is 5.75 Å². The predicted molar refractivity (Wildman–Crippen MR) is 161 cm³/mol. The van der Waals surface area contributed by atoms with E-state index >= 15 is 0 Å². The number of fused-ring (bicyclic) bond motifs is 2.